The highest BCUT2D eigenvalue weighted by Gasteiger charge is 2.45. The first-order chi connectivity index (χ1) is 13.2. The summed E-state index contributed by atoms with van der Waals surface area (Å²) in [6.07, 6.45) is -0.727. The highest BCUT2D eigenvalue weighted by Crippen LogP contribution is 2.45. The van der Waals surface area contributed by atoms with E-state index < -0.39 is 22.7 Å². The fraction of sp³-hybridized carbons (Fsp3) is 0.450. The molecule has 1 fully saturated rings. The quantitative estimate of drug-likeness (QED) is 0.653. The van der Waals surface area contributed by atoms with E-state index in [1.807, 2.05) is 31.6 Å². The van der Waals surface area contributed by atoms with E-state index in [9.17, 15) is 18.0 Å². The summed E-state index contributed by atoms with van der Waals surface area (Å²) in [4.78, 5) is 16.1. The molecule has 1 aromatic heterocycles. The van der Waals surface area contributed by atoms with Gasteiger partial charge in [0.05, 0.1) is 22.2 Å². The molecule has 8 heteroatoms. The third kappa shape index (κ3) is 3.93. The molecule has 0 saturated heterocycles. The van der Waals surface area contributed by atoms with Crippen molar-refractivity contribution in [2.45, 2.75) is 43.4 Å². The van der Waals surface area contributed by atoms with Crippen LogP contribution in [0.15, 0.2) is 35.7 Å². The molecular weight excluding hydrogens is 409 g/mol. The van der Waals surface area contributed by atoms with Gasteiger partial charge in [-0.05, 0) is 50.5 Å². The van der Waals surface area contributed by atoms with Crippen LogP contribution < -0.4 is 5.32 Å². The number of nitrogens with one attached hydrogen (secondary N) is 1. The van der Waals surface area contributed by atoms with Crippen LogP contribution in [0, 0.1) is 0 Å². The maximum atomic E-state index is 13.2. The topological polar surface area (TPSA) is 32.3 Å². The Morgan fingerprint density at radius 2 is 1.89 bits per heavy atom. The van der Waals surface area contributed by atoms with E-state index in [4.69, 9.17) is 11.6 Å². The average Bonchev–Trinajstić information content (AvgIpc) is 3.31. The predicted molar refractivity (Wildman–Crippen MR) is 106 cm³/mol. The largest absolute Gasteiger partial charge is 0.417 e. The molecule has 1 unspecified atom stereocenters. The second-order valence-corrected chi connectivity index (χ2v) is 8.65. The minimum absolute atomic E-state index is 0.162. The van der Waals surface area contributed by atoms with Crippen LogP contribution in [0.1, 0.15) is 52.5 Å². The van der Waals surface area contributed by atoms with Gasteiger partial charge >= 0.3 is 6.18 Å². The van der Waals surface area contributed by atoms with Crippen LogP contribution in [-0.2, 0) is 6.18 Å². The van der Waals surface area contributed by atoms with Crippen molar-refractivity contribution in [3.8, 4) is 0 Å². The zero-order valence-electron chi connectivity index (χ0n) is 15.6. The number of nitrogens with zero attached hydrogens (tertiary/aromatic N) is 1. The number of carbonyl (C=O) groups is 1. The van der Waals surface area contributed by atoms with Gasteiger partial charge in [-0.25, -0.2) is 0 Å². The van der Waals surface area contributed by atoms with Gasteiger partial charge in [-0.3, -0.25) is 4.79 Å². The lowest BCUT2D eigenvalue weighted by Crippen LogP contribution is -2.53. The Labute approximate surface area is 171 Å². The first-order valence-electron chi connectivity index (χ1n) is 9.04. The minimum Gasteiger partial charge on any atom is -0.342 e. The third-order valence-corrected chi connectivity index (χ3v) is 6.89. The van der Waals surface area contributed by atoms with Crippen LogP contribution >= 0.6 is 22.9 Å². The number of hydrogen-bond donors (Lipinski definition) is 1. The molecule has 3 nitrogen and oxygen atoms in total. The molecule has 28 heavy (non-hydrogen) atoms. The standard InChI is InChI=1S/C20H22ClF3N2OS/c1-26(2)19(10-3-4-11-19)17(15-9-6-12-28-15)25-18(27)13-7-5-8-14(16(13)21)20(22,23)24/h5-9,12,17H,3-4,10-11H2,1-2H3,(H,25,27). The summed E-state index contributed by atoms with van der Waals surface area (Å²) in [5.41, 5.74) is -1.45. The van der Waals surface area contributed by atoms with Gasteiger partial charge in [0.25, 0.3) is 5.91 Å². The van der Waals surface area contributed by atoms with Gasteiger partial charge in [-0.15, -0.1) is 11.3 Å². The first-order valence-corrected chi connectivity index (χ1v) is 10.3. The monoisotopic (exact) mass is 430 g/mol. The van der Waals surface area contributed by atoms with Crippen molar-refractivity contribution in [3.05, 3.63) is 56.7 Å². The molecule has 0 radical (unpaired) electrons. The number of halogens is 4. The number of likely N-dealkylation sites (N-methyl/N-ethyl adjacent to an activating group) is 1. The average molecular weight is 431 g/mol. The summed E-state index contributed by atoms with van der Waals surface area (Å²) >= 11 is 7.49. The molecule has 1 N–H and O–H groups in total. The molecule has 152 valence electrons. The van der Waals surface area contributed by atoms with Gasteiger partial charge in [-0.1, -0.05) is 36.6 Å². The van der Waals surface area contributed by atoms with Gasteiger partial charge in [0, 0.05) is 10.4 Å². The summed E-state index contributed by atoms with van der Waals surface area (Å²) in [6.45, 7) is 0. The Morgan fingerprint density at radius 3 is 2.43 bits per heavy atom. The van der Waals surface area contributed by atoms with E-state index in [0.717, 1.165) is 36.6 Å². The molecular formula is C20H22ClF3N2OS. The molecule has 1 amide bonds. The molecule has 1 aliphatic rings. The Kier molecular flexibility index (Phi) is 6.08. The Balaban J connectivity index is 1.98. The van der Waals surface area contributed by atoms with E-state index in [1.54, 1.807) is 0 Å². The van der Waals surface area contributed by atoms with E-state index in [2.05, 4.69) is 10.2 Å². The van der Waals surface area contributed by atoms with Crippen molar-refractivity contribution in [2.24, 2.45) is 0 Å². The van der Waals surface area contributed by atoms with Crippen LogP contribution in [0.5, 0.6) is 0 Å². The van der Waals surface area contributed by atoms with Crippen LogP contribution in [0.2, 0.25) is 5.02 Å². The van der Waals surface area contributed by atoms with E-state index in [0.29, 0.717) is 0 Å². The predicted octanol–water partition coefficient (Wildman–Crippen LogP) is 5.77. The Morgan fingerprint density at radius 1 is 1.21 bits per heavy atom. The van der Waals surface area contributed by atoms with Crippen molar-refractivity contribution in [1.29, 1.82) is 0 Å². The molecule has 1 aromatic carbocycles. The summed E-state index contributed by atoms with van der Waals surface area (Å²) in [6, 6.07) is 6.95. The molecule has 0 spiro atoms. The number of benzene rings is 1. The minimum atomic E-state index is -4.61. The van der Waals surface area contributed by atoms with Crippen molar-refractivity contribution in [3.63, 3.8) is 0 Å². The van der Waals surface area contributed by atoms with Crippen LogP contribution in [-0.4, -0.2) is 30.4 Å². The zero-order chi connectivity index (χ0) is 20.5. The van der Waals surface area contributed by atoms with E-state index >= 15 is 0 Å². The lowest BCUT2D eigenvalue weighted by Gasteiger charge is -2.43. The van der Waals surface area contributed by atoms with Gasteiger partial charge in [0.2, 0.25) is 0 Å². The van der Waals surface area contributed by atoms with Gasteiger partial charge in [0.1, 0.15) is 0 Å². The smallest absolute Gasteiger partial charge is 0.342 e. The first kappa shape index (κ1) is 21.1. The molecule has 3 rings (SSSR count). The normalized spacial score (nSPS) is 17.7. The van der Waals surface area contributed by atoms with Gasteiger partial charge < -0.3 is 10.2 Å². The number of thiophene rings is 1. The fourth-order valence-corrected chi connectivity index (χ4v) is 5.25. The summed E-state index contributed by atoms with van der Waals surface area (Å²) in [7, 11) is 3.96. The number of amides is 1. The summed E-state index contributed by atoms with van der Waals surface area (Å²) in [5, 5.41) is 4.37. The number of rotatable bonds is 5. The van der Waals surface area contributed by atoms with Crippen molar-refractivity contribution < 1.29 is 18.0 Å². The molecule has 1 aliphatic carbocycles. The van der Waals surface area contributed by atoms with Gasteiger partial charge in [-0.2, -0.15) is 13.2 Å². The SMILES string of the molecule is CN(C)C1(C(NC(=O)c2cccc(C(F)(F)F)c2Cl)c2cccs2)CCCC1. The molecule has 1 heterocycles. The van der Waals surface area contributed by atoms with Crippen molar-refractivity contribution >= 4 is 28.8 Å². The van der Waals surface area contributed by atoms with Crippen LogP contribution in [0.25, 0.3) is 0 Å². The fourth-order valence-electron chi connectivity index (χ4n) is 4.04. The number of alkyl halides is 3. The maximum absolute atomic E-state index is 13.2. The second-order valence-electron chi connectivity index (χ2n) is 7.29. The van der Waals surface area contributed by atoms with Gasteiger partial charge in [0.15, 0.2) is 0 Å². The Bertz CT molecular complexity index is 830. The summed E-state index contributed by atoms with van der Waals surface area (Å²) < 4.78 is 39.5. The zero-order valence-corrected chi connectivity index (χ0v) is 17.2. The van der Waals surface area contributed by atoms with Crippen molar-refractivity contribution in [2.75, 3.05) is 14.1 Å². The van der Waals surface area contributed by atoms with Crippen LogP contribution in [0.3, 0.4) is 0 Å². The number of hydrogen-bond acceptors (Lipinski definition) is 3. The van der Waals surface area contributed by atoms with Crippen LogP contribution in [0.4, 0.5) is 13.2 Å². The highest BCUT2D eigenvalue weighted by molar-refractivity contribution is 7.10. The second kappa shape index (κ2) is 8.05. The molecule has 0 bridgehead atoms. The third-order valence-electron chi connectivity index (χ3n) is 5.55. The lowest BCUT2D eigenvalue weighted by atomic mass is 9.85. The lowest BCUT2D eigenvalue weighted by molar-refractivity contribution is -0.137. The van der Waals surface area contributed by atoms with E-state index in [1.165, 1.54) is 23.5 Å². The Hall–Kier alpha value is -1.57. The van der Waals surface area contributed by atoms with E-state index in [-0.39, 0.29) is 17.1 Å². The van der Waals surface area contributed by atoms with Crippen molar-refractivity contribution in [1.82, 2.24) is 10.2 Å². The molecule has 2 aromatic rings. The molecule has 1 atom stereocenters. The molecule has 1 saturated carbocycles. The maximum Gasteiger partial charge on any atom is 0.417 e. The number of carbonyl (C=O) groups excluding carboxylic acids is 1. The molecule has 0 aliphatic heterocycles. The highest BCUT2D eigenvalue weighted by atomic mass is 35.5. The summed E-state index contributed by atoms with van der Waals surface area (Å²) in [5.74, 6) is -0.595.